The summed E-state index contributed by atoms with van der Waals surface area (Å²) in [5.41, 5.74) is 8.91. The summed E-state index contributed by atoms with van der Waals surface area (Å²) >= 11 is 0. The van der Waals surface area contributed by atoms with Crippen LogP contribution in [-0.2, 0) is 11.2 Å². The van der Waals surface area contributed by atoms with Crippen LogP contribution in [0.3, 0.4) is 0 Å². The summed E-state index contributed by atoms with van der Waals surface area (Å²) in [5, 5.41) is 3.92. The highest BCUT2D eigenvalue weighted by atomic mass is 35.5. The Balaban J connectivity index is 0.00000208. The maximum absolute atomic E-state index is 12.7. The van der Waals surface area contributed by atoms with Crippen LogP contribution in [0, 0.1) is 19.8 Å². The molecule has 0 radical (unpaired) electrons. The van der Waals surface area contributed by atoms with Gasteiger partial charge >= 0.3 is 0 Å². The van der Waals surface area contributed by atoms with E-state index in [2.05, 4.69) is 17.3 Å². The van der Waals surface area contributed by atoms with Gasteiger partial charge in [0.25, 0.3) is 0 Å². The van der Waals surface area contributed by atoms with E-state index in [0.717, 1.165) is 30.1 Å². The maximum atomic E-state index is 12.7. The van der Waals surface area contributed by atoms with Crippen molar-refractivity contribution in [2.45, 2.75) is 26.2 Å². The van der Waals surface area contributed by atoms with Crippen LogP contribution in [0.2, 0.25) is 0 Å². The Kier molecular flexibility index (Phi) is 6.02. The van der Waals surface area contributed by atoms with Gasteiger partial charge in [0.1, 0.15) is 5.76 Å². The zero-order valence-corrected chi connectivity index (χ0v) is 14.9. The number of amides is 1. The first-order valence-corrected chi connectivity index (χ1v) is 8.04. The van der Waals surface area contributed by atoms with Crippen molar-refractivity contribution in [3.05, 3.63) is 52.9 Å². The lowest BCUT2D eigenvalue weighted by molar-refractivity contribution is -0.129. The number of carbonyl (C=O) groups is 1. The molecule has 0 aliphatic carbocycles. The fraction of sp³-hybridized carbons (Fsp3) is 0.444. The molecular weight excluding hydrogens is 326 g/mol. The lowest BCUT2D eigenvalue weighted by atomic mass is 9.89. The van der Waals surface area contributed by atoms with Crippen LogP contribution >= 0.6 is 12.4 Å². The molecule has 1 aromatic heterocycles. The minimum Gasteiger partial charge on any atom is -0.361 e. The van der Waals surface area contributed by atoms with E-state index in [1.807, 2.05) is 36.9 Å². The largest absolute Gasteiger partial charge is 0.361 e. The van der Waals surface area contributed by atoms with Gasteiger partial charge < -0.3 is 15.2 Å². The number of aryl methyl sites for hydroxylation is 2. The molecule has 2 N–H and O–H groups in total. The number of aromatic nitrogens is 1. The molecule has 24 heavy (non-hydrogen) atoms. The highest BCUT2D eigenvalue weighted by Gasteiger charge is 2.35. The summed E-state index contributed by atoms with van der Waals surface area (Å²) in [6.07, 6.45) is 0.347. The lowest BCUT2D eigenvalue weighted by Gasteiger charge is -2.17. The van der Waals surface area contributed by atoms with Crippen molar-refractivity contribution in [3.63, 3.8) is 0 Å². The number of nitrogens with zero attached hydrogens (tertiary/aromatic N) is 2. The van der Waals surface area contributed by atoms with Crippen LogP contribution in [0.25, 0.3) is 0 Å². The molecule has 2 aromatic rings. The van der Waals surface area contributed by atoms with Crippen molar-refractivity contribution in [3.8, 4) is 0 Å². The second kappa shape index (κ2) is 7.81. The second-order valence-corrected chi connectivity index (χ2v) is 6.29. The third-order valence-electron chi connectivity index (χ3n) is 4.83. The van der Waals surface area contributed by atoms with Crippen LogP contribution in [0.1, 0.15) is 28.5 Å². The fourth-order valence-corrected chi connectivity index (χ4v) is 3.41. The van der Waals surface area contributed by atoms with E-state index in [4.69, 9.17) is 10.3 Å². The van der Waals surface area contributed by atoms with Gasteiger partial charge in [0.2, 0.25) is 5.91 Å². The summed E-state index contributed by atoms with van der Waals surface area (Å²) in [7, 11) is 0. The van der Waals surface area contributed by atoms with Gasteiger partial charge in [0.15, 0.2) is 0 Å². The smallest absolute Gasteiger partial charge is 0.227 e. The third kappa shape index (κ3) is 3.62. The van der Waals surface area contributed by atoms with Gasteiger partial charge in [0.05, 0.1) is 12.1 Å². The number of nitrogens with two attached hydrogens (primary N) is 1. The predicted molar refractivity (Wildman–Crippen MR) is 95.2 cm³/mol. The van der Waals surface area contributed by atoms with E-state index < -0.39 is 0 Å². The van der Waals surface area contributed by atoms with Crippen molar-refractivity contribution in [1.82, 2.24) is 10.1 Å². The Labute approximate surface area is 148 Å². The quantitative estimate of drug-likeness (QED) is 0.920. The first kappa shape index (κ1) is 18.5. The maximum Gasteiger partial charge on any atom is 0.227 e. The summed E-state index contributed by atoms with van der Waals surface area (Å²) in [6.45, 7) is 5.77. The second-order valence-electron chi connectivity index (χ2n) is 6.29. The highest BCUT2D eigenvalue weighted by Crippen LogP contribution is 2.32. The summed E-state index contributed by atoms with van der Waals surface area (Å²) in [5.74, 6) is 1.47. The van der Waals surface area contributed by atoms with Gasteiger partial charge in [-0.2, -0.15) is 0 Å². The molecule has 1 saturated heterocycles. The Morgan fingerprint density at radius 3 is 2.58 bits per heavy atom. The average molecular weight is 350 g/mol. The summed E-state index contributed by atoms with van der Waals surface area (Å²) < 4.78 is 5.15. The SMILES string of the molecule is Cc1noc(C)c1CC(=O)N1C[C@@H](CN)[C@H](c2ccccc2)C1.Cl. The molecule has 1 aliphatic rings. The molecule has 1 aliphatic heterocycles. The molecule has 1 aromatic carbocycles. The number of carbonyl (C=O) groups excluding carboxylic acids is 1. The number of rotatable bonds is 4. The number of benzene rings is 1. The Bertz CT molecular complexity index is 667. The van der Waals surface area contributed by atoms with E-state index in [1.165, 1.54) is 5.56 Å². The first-order chi connectivity index (χ1) is 11.1. The van der Waals surface area contributed by atoms with Gasteiger partial charge in [-0.3, -0.25) is 4.79 Å². The van der Waals surface area contributed by atoms with Crippen LogP contribution in [0.5, 0.6) is 0 Å². The minimum atomic E-state index is 0. The topological polar surface area (TPSA) is 72.4 Å². The lowest BCUT2D eigenvalue weighted by Crippen LogP contribution is -2.31. The zero-order chi connectivity index (χ0) is 16.4. The van der Waals surface area contributed by atoms with E-state index in [1.54, 1.807) is 0 Å². The molecule has 0 unspecified atom stereocenters. The number of hydrogen-bond donors (Lipinski definition) is 1. The normalized spacial score (nSPS) is 20.0. The van der Waals surface area contributed by atoms with E-state index in [0.29, 0.717) is 24.8 Å². The highest BCUT2D eigenvalue weighted by molar-refractivity contribution is 5.85. The number of likely N-dealkylation sites (tertiary alicyclic amines) is 1. The van der Waals surface area contributed by atoms with Crippen molar-refractivity contribution < 1.29 is 9.32 Å². The molecule has 2 atom stereocenters. The molecule has 0 spiro atoms. The Morgan fingerprint density at radius 2 is 2.00 bits per heavy atom. The molecule has 1 fully saturated rings. The molecule has 5 nitrogen and oxygen atoms in total. The Hall–Kier alpha value is -1.85. The molecular formula is C18H24ClN3O2. The van der Waals surface area contributed by atoms with Crippen molar-refractivity contribution in [2.24, 2.45) is 11.7 Å². The standard InChI is InChI=1S/C18H23N3O2.ClH/c1-12-16(13(2)23-20-12)8-18(22)21-10-15(9-19)17(11-21)14-6-4-3-5-7-14;/h3-7,15,17H,8-11,19H2,1-2H3;1H/t15-,17+;/m1./s1. The molecule has 0 bridgehead atoms. The fourth-order valence-electron chi connectivity index (χ4n) is 3.41. The molecule has 0 saturated carbocycles. The van der Waals surface area contributed by atoms with Crippen molar-refractivity contribution >= 4 is 18.3 Å². The molecule has 130 valence electrons. The van der Waals surface area contributed by atoms with Crippen LogP contribution < -0.4 is 5.73 Å². The minimum absolute atomic E-state index is 0. The number of halogens is 1. The van der Waals surface area contributed by atoms with Crippen molar-refractivity contribution in [1.29, 1.82) is 0 Å². The molecule has 3 rings (SSSR count). The average Bonchev–Trinajstić information content (AvgIpc) is 3.14. The van der Waals surface area contributed by atoms with Gasteiger partial charge in [0, 0.05) is 24.6 Å². The predicted octanol–water partition coefficient (Wildman–Crippen LogP) is 2.46. The van der Waals surface area contributed by atoms with Gasteiger partial charge in [-0.1, -0.05) is 35.5 Å². The third-order valence-corrected chi connectivity index (χ3v) is 4.83. The van der Waals surface area contributed by atoms with Crippen LogP contribution in [0.15, 0.2) is 34.9 Å². The molecule has 1 amide bonds. The van der Waals surface area contributed by atoms with Crippen LogP contribution in [0.4, 0.5) is 0 Å². The molecule has 6 heteroatoms. The van der Waals surface area contributed by atoms with Gasteiger partial charge in [-0.15, -0.1) is 12.4 Å². The van der Waals surface area contributed by atoms with Gasteiger partial charge in [-0.05, 0) is 31.9 Å². The summed E-state index contributed by atoms with van der Waals surface area (Å²) in [4.78, 5) is 14.6. The monoisotopic (exact) mass is 349 g/mol. The zero-order valence-electron chi connectivity index (χ0n) is 14.1. The Morgan fingerprint density at radius 1 is 1.29 bits per heavy atom. The van der Waals surface area contributed by atoms with E-state index >= 15 is 0 Å². The molecule has 2 heterocycles. The van der Waals surface area contributed by atoms with E-state index in [-0.39, 0.29) is 18.3 Å². The number of hydrogen-bond acceptors (Lipinski definition) is 4. The van der Waals surface area contributed by atoms with Crippen molar-refractivity contribution in [2.75, 3.05) is 19.6 Å². The van der Waals surface area contributed by atoms with Gasteiger partial charge in [-0.25, -0.2) is 0 Å². The first-order valence-electron chi connectivity index (χ1n) is 8.04. The van der Waals surface area contributed by atoms with E-state index in [9.17, 15) is 4.79 Å². The van der Waals surface area contributed by atoms with Crippen LogP contribution in [-0.4, -0.2) is 35.6 Å². The summed E-state index contributed by atoms with van der Waals surface area (Å²) in [6, 6.07) is 10.3.